The van der Waals surface area contributed by atoms with Gasteiger partial charge in [-0.3, -0.25) is 5.32 Å². The first-order valence-electron chi connectivity index (χ1n) is 4.87. The average molecular weight is 182 g/mol. The molecule has 0 saturated carbocycles. The van der Waals surface area contributed by atoms with Gasteiger partial charge in [-0.05, 0) is 26.2 Å². The van der Waals surface area contributed by atoms with Gasteiger partial charge in [0, 0.05) is 12.1 Å². The molecule has 0 aliphatic carbocycles. The highest BCUT2D eigenvalue weighted by Crippen LogP contribution is 2.15. The molecule has 0 radical (unpaired) electrons. The van der Waals surface area contributed by atoms with Crippen molar-refractivity contribution in [2.24, 2.45) is 11.7 Å². The molecule has 0 heterocycles. The molecular weight excluding hydrogens is 160 g/mol. The summed E-state index contributed by atoms with van der Waals surface area (Å²) in [5.74, 6) is 3.29. The van der Waals surface area contributed by atoms with Crippen molar-refractivity contribution in [3.05, 3.63) is 0 Å². The molecule has 0 aromatic heterocycles. The van der Waals surface area contributed by atoms with Crippen LogP contribution < -0.4 is 11.1 Å². The minimum atomic E-state index is -0.0278. The van der Waals surface area contributed by atoms with Crippen LogP contribution in [0.5, 0.6) is 0 Å². The summed E-state index contributed by atoms with van der Waals surface area (Å²) < 4.78 is 0. The summed E-state index contributed by atoms with van der Waals surface area (Å²) >= 11 is 0. The third-order valence-electron chi connectivity index (χ3n) is 2.12. The number of terminal acetylenes is 1. The molecule has 0 saturated heterocycles. The molecule has 0 aromatic rings. The maximum Gasteiger partial charge on any atom is 0.0662 e. The largest absolute Gasteiger partial charge is 0.329 e. The highest BCUT2D eigenvalue weighted by atomic mass is 15.0. The van der Waals surface area contributed by atoms with Crippen LogP contribution in [0.2, 0.25) is 0 Å². The standard InChI is InChI=1S/C11H22N2/c1-6-10(4)13-11(5,8-12)7-9(2)3/h1,9-10,13H,7-8,12H2,2-5H3. The Morgan fingerprint density at radius 2 is 2.00 bits per heavy atom. The second kappa shape index (κ2) is 5.26. The molecule has 0 bridgehead atoms. The predicted molar refractivity (Wildman–Crippen MR) is 58.3 cm³/mol. The van der Waals surface area contributed by atoms with Crippen LogP contribution in [-0.4, -0.2) is 18.1 Å². The van der Waals surface area contributed by atoms with E-state index >= 15 is 0 Å². The summed E-state index contributed by atoms with van der Waals surface area (Å²) in [4.78, 5) is 0. The molecule has 2 unspecified atom stereocenters. The van der Waals surface area contributed by atoms with Crippen molar-refractivity contribution in [2.75, 3.05) is 6.54 Å². The van der Waals surface area contributed by atoms with Gasteiger partial charge in [-0.1, -0.05) is 19.8 Å². The van der Waals surface area contributed by atoms with E-state index in [0.29, 0.717) is 12.5 Å². The Morgan fingerprint density at radius 1 is 1.46 bits per heavy atom. The van der Waals surface area contributed by atoms with Crippen LogP contribution in [0.15, 0.2) is 0 Å². The van der Waals surface area contributed by atoms with Crippen LogP contribution in [0, 0.1) is 18.3 Å². The third-order valence-corrected chi connectivity index (χ3v) is 2.12. The summed E-state index contributed by atoms with van der Waals surface area (Å²) in [6, 6.07) is 0.0901. The smallest absolute Gasteiger partial charge is 0.0662 e. The minimum Gasteiger partial charge on any atom is -0.329 e. The lowest BCUT2D eigenvalue weighted by molar-refractivity contribution is 0.290. The molecular formula is C11H22N2. The molecule has 0 aliphatic rings. The summed E-state index contributed by atoms with van der Waals surface area (Å²) in [6.07, 6.45) is 6.36. The molecule has 2 heteroatoms. The van der Waals surface area contributed by atoms with Crippen LogP contribution >= 0.6 is 0 Å². The zero-order chi connectivity index (χ0) is 10.5. The fraction of sp³-hybridized carbons (Fsp3) is 0.818. The molecule has 0 rings (SSSR count). The second-order valence-electron chi connectivity index (χ2n) is 4.40. The van der Waals surface area contributed by atoms with Crippen molar-refractivity contribution in [3.63, 3.8) is 0 Å². The number of hydrogen-bond acceptors (Lipinski definition) is 2. The van der Waals surface area contributed by atoms with Crippen LogP contribution in [-0.2, 0) is 0 Å². The Kier molecular flexibility index (Phi) is 5.05. The zero-order valence-electron chi connectivity index (χ0n) is 9.22. The predicted octanol–water partition coefficient (Wildman–Crippen LogP) is 1.36. The number of hydrogen-bond donors (Lipinski definition) is 2. The highest BCUT2D eigenvalue weighted by molar-refractivity contribution is 5.00. The Bertz CT molecular complexity index is 181. The number of nitrogens with two attached hydrogens (primary N) is 1. The maximum absolute atomic E-state index is 5.73. The van der Waals surface area contributed by atoms with E-state index in [0.717, 1.165) is 6.42 Å². The van der Waals surface area contributed by atoms with Gasteiger partial charge < -0.3 is 5.73 Å². The summed E-state index contributed by atoms with van der Waals surface area (Å²) in [6.45, 7) is 9.11. The first-order chi connectivity index (χ1) is 5.93. The molecule has 0 aliphatic heterocycles. The van der Waals surface area contributed by atoms with Gasteiger partial charge in [0.25, 0.3) is 0 Å². The van der Waals surface area contributed by atoms with Crippen molar-refractivity contribution in [2.45, 2.75) is 45.7 Å². The van der Waals surface area contributed by atoms with Crippen molar-refractivity contribution in [3.8, 4) is 12.3 Å². The summed E-state index contributed by atoms with van der Waals surface area (Å²) in [5, 5.41) is 3.36. The molecule has 2 nitrogen and oxygen atoms in total. The van der Waals surface area contributed by atoms with E-state index in [2.05, 4.69) is 32.0 Å². The lowest BCUT2D eigenvalue weighted by Gasteiger charge is -2.33. The number of rotatable bonds is 5. The SMILES string of the molecule is C#CC(C)NC(C)(CN)CC(C)C. The summed E-state index contributed by atoms with van der Waals surface area (Å²) in [5.41, 5.74) is 5.70. The Hall–Kier alpha value is -0.520. The first kappa shape index (κ1) is 12.5. The van der Waals surface area contributed by atoms with E-state index in [1.165, 1.54) is 0 Å². The van der Waals surface area contributed by atoms with Gasteiger partial charge in [-0.25, -0.2) is 0 Å². The second-order valence-corrected chi connectivity index (χ2v) is 4.40. The molecule has 76 valence electrons. The van der Waals surface area contributed by atoms with Gasteiger partial charge in [0.05, 0.1) is 6.04 Å². The van der Waals surface area contributed by atoms with E-state index in [1.807, 2.05) is 6.92 Å². The Morgan fingerprint density at radius 3 is 2.31 bits per heavy atom. The molecule has 0 fully saturated rings. The lowest BCUT2D eigenvalue weighted by atomic mass is 9.90. The topological polar surface area (TPSA) is 38.0 Å². The molecule has 3 N–H and O–H groups in total. The molecule has 2 atom stereocenters. The van der Waals surface area contributed by atoms with Gasteiger partial charge in [0.1, 0.15) is 0 Å². The van der Waals surface area contributed by atoms with E-state index in [1.54, 1.807) is 0 Å². The van der Waals surface area contributed by atoms with Gasteiger partial charge in [0.15, 0.2) is 0 Å². The van der Waals surface area contributed by atoms with Crippen LogP contribution in [0.4, 0.5) is 0 Å². The molecule has 0 amide bonds. The van der Waals surface area contributed by atoms with Crippen molar-refractivity contribution < 1.29 is 0 Å². The molecule has 13 heavy (non-hydrogen) atoms. The van der Waals surface area contributed by atoms with Crippen LogP contribution in [0.25, 0.3) is 0 Å². The van der Waals surface area contributed by atoms with E-state index < -0.39 is 0 Å². The van der Waals surface area contributed by atoms with E-state index in [-0.39, 0.29) is 11.6 Å². The zero-order valence-corrected chi connectivity index (χ0v) is 9.22. The average Bonchev–Trinajstić information content (AvgIpc) is 2.02. The van der Waals surface area contributed by atoms with Crippen molar-refractivity contribution in [1.82, 2.24) is 5.32 Å². The fourth-order valence-corrected chi connectivity index (χ4v) is 1.67. The fourth-order valence-electron chi connectivity index (χ4n) is 1.67. The normalized spacial score (nSPS) is 17.9. The van der Waals surface area contributed by atoms with Gasteiger partial charge in [-0.15, -0.1) is 6.42 Å². The molecule has 0 spiro atoms. The van der Waals surface area contributed by atoms with Gasteiger partial charge >= 0.3 is 0 Å². The minimum absolute atomic E-state index is 0.0278. The first-order valence-corrected chi connectivity index (χ1v) is 4.87. The Balaban J connectivity index is 4.20. The van der Waals surface area contributed by atoms with Crippen LogP contribution in [0.3, 0.4) is 0 Å². The Labute approximate surface area is 82.3 Å². The summed E-state index contributed by atoms with van der Waals surface area (Å²) in [7, 11) is 0. The van der Waals surface area contributed by atoms with Crippen molar-refractivity contribution >= 4 is 0 Å². The van der Waals surface area contributed by atoms with Gasteiger partial charge in [0.2, 0.25) is 0 Å². The monoisotopic (exact) mass is 182 g/mol. The van der Waals surface area contributed by atoms with Gasteiger partial charge in [-0.2, -0.15) is 0 Å². The van der Waals surface area contributed by atoms with Crippen LogP contribution in [0.1, 0.15) is 34.1 Å². The van der Waals surface area contributed by atoms with E-state index in [4.69, 9.17) is 12.2 Å². The van der Waals surface area contributed by atoms with E-state index in [9.17, 15) is 0 Å². The quantitative estimate of drug-likeness (QED) is 0.630. The van der Waals surface area contributed by atoms with Crippen molar-refractivity contribution in [1.29, 1.82) is 0 Å². The number of nitrogens with one attached hydrogen (secondary N) is 1. The lowest BCUT2D eigenvalue weighted by Crippen LogP contribution is -2.52. The molecule has 0 aromatic carbocycles. The highest BCUT2D eigenvalue weighted by Gasteiger charge is 2.24. The maximum atomic E-state index is 5.73. The third kappa shape index (κ3) is 4.92.